The molecule has 2 heteroatoms. The van der Waals surface area contributed by atoms with Crippen LogP contribution in [0.25, 0.3) is 0 Å². The highest BCUT2D eigenvalue weighted by molar-refractivity contribution is 4.93. The molecule has 162 valence electrons. The third kappa shape index (κ3) is 5.15. The largest absolute Gasteiger partial charge is 0.381 e. The summed E-state index contributed by atoms with van der Waals surface area (Å²) in [5.74, 6) is 3.12. The third-order valence-corrected chi connectivity index (χ3v) is 9.29. The molecule has 0 aliphatic heterocycles. The second-order valence-electron chi connectivity index (χ2n) is 11.0. The first-order valence-corrected chi connectivity index (χ1v) is 13.0. The molecular formula is C26H47NO. The summed E-state index contributed by atoms with van der Waals surface area (Å²) in [6.07, 6.45) is 25.4. The Morgan fingerprint density at radius 2 is 1.00 bits per heavy atom. The van der Waals surface area contributed by atoms with Crippen LogP contribution in [0, 0.1) is 17.8 Å². The molecule has 4 fully saturated rings. The van der Waals surface area contributed by atoms with Crippen molar-refractivity contribution >= 4 is 0 Å². The zero-order valence-electron chi connectivity index (χ0n) is 18.9. The van der Waals surface area contributed by atoms with Crippen LogP contribution in [0.2, 0.25) is 0 Å². The first-order chi connectivity index (χ1) is 13.7. The van der Waals surface area contributed by atoms with Crippen LogP contribution in [0.15, 0.2) is 0 Å². The predicted octanol–water partition coefficient (Wildman–Crippen LogP) is 6.96. The van der Waals surface area contributed by atoms with Gasteiger partial charge in [0.15, 0.2) is 0 Å². The molecule has 0 bridgehead atoms. The first kappa shape index (κ1) is 21.2. The van der Waals surface area contributed by atoms with Gasteiger partial charge >= 0.3 is 0 Å². The highest BCUT2D eigenvalue weighted by Crippen LogP contribution is 2.43. The molecule has 0 spiro atoms. The molecule has 4 aliphatic rings. The fourth-order valence-corrected chi connectivity index (χ4v) is 7.48. The Bertz CT molecular complexity index is 435. The van der Waals surface area contributed by atoms with Gasteiger partial charge in [0.05, 0.1) is 6.10 Å². The van der Waals surface area contributed by atoms with Crippen molar-refractivity contribution in [1.82, 2.24) is 4.90 Å². The van der Waals surface area contributed by atoms with Gasteiger partial charge < -0.3 is 4.74 Å². The molecule has 4 saturated carbocycles. The molecule has 2 nitrogen and oxygen atoms in total. The SMILES string of the molecule is COC1CCC(N(C2CCCCC2)C2CCC(C3CCC(C)CC3)CC2)CC1. The lowest BCUT2D eigenvalue weighted by atomic mass is 9.70. The second kappa shape index (κ2) is 10.3. The van der Waals surface area contributed by atoms with Crippen LogP contribution >= 0.6 is 0 Å². The van der Waals surface area contributed by atoms with Gasteiger partial charge in [0.25, 0.3) is 0 Å². The van der Waals surface area contributed by atoms with E-state index in [9.17, 15) is 0 Å². The minimum Gasteiger partial charge on any atom is -0.381 e. The van der Waals surface area contributed by atoms with Crippen LogP contribution in [0.5, 0.6) is 0 Å². The summed E-state index contributed by atoms with van der Waals surface area (Å²) in [4.78, 5) is 3.12. The average Bonchev–Trinajstić information content (AvgIpc) is 2.76. The zero-order valence-corrected chi connectivity index (χ0v) is 18.9. The van der Waals surface area contributed by atoms with E-state index in [0.717, 1.165) is 35.9 Å². The maximum Gasteiger partial charge on any atom is 0.0572 e. The lowest BCUT2D eigenvalue weighted by Gasteiger charge is -2.49. The van der Waals surface area contributed by atoms with E-state index >= 15 is 0 Å². The van der Waals surface area contributed by atoms with Crippen molar-refractivity contribution in [3.63, 3.8) is 0 Å². The summed E-state index contributed by atoms with van der Waals surface area (Å²) in [6, 6.07) is 2.65. The highest BCUT2D eigenvalue weighted by atomic mass is 16.5. The molecule has 0 N–H and O–H groups in total. The van der Waals surface area contributed by atoms with Gasteiger partial charge in [0.2, 0.25) is 0 Å². The van der Waals surface area contributed by atoms with E-state index in [2.05, 4.69) is 11.8 Å². The summed E-state index contributed by atoms with van der Waals surface area (Å²) in [5.41, 5.74) is 0. The molecule has 4 aliphatic carbocycles. The van der Waals surface area contributed by atoms with E-state index in [1.807, 2.05) is 7.11 Å². The summed E-state index contributed by atoms with van der Waals surface area (Å²) in [7, 11) is 1.91. The van der Waals surface area contributed by atoms with Crippen molar-refractivity contribution in [1.29, 1.82) is 0 Å². The molecule has 0 atom stereocenters. The van der Waals surface area contributed by atoms with Gasteiger partial charge in [-0.25, -0.2) is 0 Å². The van der Waals surface area contributed by atoms with Gasteiger partial charge in [-0.3, -0.25) is 4.90 Å². The average molecular weight is 390 g/mol. The Morgan fingerprint density at radius 1 is 0.536 bits per heavy atom. The monoisotopic (exact) mass is 389 g/mol. The lowest BCUT2D eigenvalue weighted by Crippen LogP contribution is -2.53. The normalized spacial score (nSPS) is 41.2. The van der Waals surface area contributed by atoms with Gasteiger partial charge in [0.1, 0.15) is 0 Å². The predicted molar refractivity (Wildman–Crippen MR) is 119 cm³/mol. The number of hydrogen-bond acceptors (Lipinski definition) is 2. The Balaban J connectivity index is 1.35. The maximum atomic E-state index is 5.68. The van der Waals surface area contributed by atoms with Crippen LogP contribution in [0.4, 0.5) is 0 Å². The molecule has 0 heterocycles. The topological polar surface area (TPSA) is 12.5 Å². The molecule has 0 amide bonds. The standard InChI is InChI=1S/C26H47NO/c1-20-8-10-21(11-9-20)22-12-14-24(15-13-22)27(23-6-4-3-5-7-23)25-16-18-26(28-2)19-17-25/h20-26H,3-19H2,1-2H3. The number of methoxy groups -OCH3 is 1. The molecule has 0 saturated heterocycles. The first-order valence-electron chi connectivity index (χ1n) is 13.0. The van der Waals surface area contributed by atoms with Crippen LogP contribution in [-0.4, -0.2) is 36.2 Å². The van der Waals surface area contributed by atoms with Crippen molar-refractivity contribution in [3.05, 3.63) is 0 Å². The quantitative estimate of drug-likeness (QED) is 0.503. The van der Waals surface area contributed by atoms with Crippen LogP contribution in [0.3, 0.4) is 0 Å². The minimum absolute atomic E-state index is 0.536. The fraction of sp³-hybridized carbons (Fsp3) is 1.00. The van der Waals surface area contributed by atoms with Gasteiger partial charge in [-0.1, -0.05) is 39.0 Å². The van der Waals surface area contributed by atoms with Gasteiger partial charge in [0, 0.05) is 25.2 Å². The molecule has 28 heavy (non-hydrogen) atoms. The van der Waals surface area contributed by atoms with Crippen molar-refractivity contribution < 1.29 is 4.74 Å². The summed E-state index contributed by atoms with van der Waals surface area (Å²) in [5, 5.41) is 0. The third-order valence-electron chi connectivity index (χ3n) is 9.29. The smallest absolute Gasteiger partial charge is 0.0572 e. The summed E-state index contributed by atoms with van der Waals surface area (Å²) in [6.45, 7) is 2.47. The fourth-order valence-electron chi connectivity index (χ4n) is 7.48. The van der Waals surface area contributed by atoms with E-state index in [0.29, 0.717) is 6.10 Å². The van der Waals surface area contributed by atoms with Crippen LogP contribution in [0.1, 0.15) is 116 Å². The summed E-state index contributed by atoms with van der Waals surface area (Å²) >= 11 is 0. The minimum atomic E-state index is 0.536. The summed E-state index contributed by atoms with van der Waals surface area (Å²) < 4.78 is 5.68. The molecule has 0 unspecified atom stereocenters. The molecule has 4 rings (SSSR count). The van der Waals surface area contributed by atoms with Crippen LogP contribution in [-0.2, 0) is 4.74 Å². The highest BCUT2D eigenvalue weighted by Gasteiger charge is 2.38. The second-order valence-corrected chi connectivity index (χ2v) is 11.0. The van der Waals surface area contributed by atoms with Crippen LogP contribution < -0.4 is 0 Å². The van der Waals surface area contributed by atoms with Gasteiger partial charge in [-0.05, 0) is 94.8 Å². The van der Waals surface area contributed by atoms with Crippen molar-refractivity contribution in [2.45, 2.75) is 140 Å². The number of nitrogens with zero attached hydrogens (tertiary/aromatic N) is 1. The maximum absolute atomic E-state index is 5.68. The van der Waals surface area contributed by atoms with E-state index < -0.39 is 0 Å². The van der Waals surface area contributed by atoms with E-state index in [1.54, 1.807) is 0 Å². The van der Waals surface area contributed by atoms with Crippen molar-refractivity contribution in [3.8, 4) is 0 Å². The van der Waals surface area contributed by atoms with E-state index in [1.165, 1.54) is 109 Å². The zero-order chi connectivity index (χ0) is 19.3. The van der Waals surface area contributed by atoms with Crippen molar-refractivity contribution in [2.24, 2.45) is 17.8 Å². The number of rotatable bonds is 5. The molecule has 0 aromatic heterocycles. The van der Waals surface area contributed by atoms with Crippen molar-refractivity contribution in [2.75, 3.05) is 7.11 Å². The Labute approximate surface area is 175 Å². The molecule has 0 aromatic carbocycles. The van der Waals surface area contributed by atoms with Gasteiger partial charge in [-0.15, -0.1) is 0 Å². The number of hydrogen-bond donors (Lipinski definition) is 0. The van der Waals surface area contributed by atoms with E-state index in [4.69, 9.17) is 4.74 Å². The van der Waals surface area contributed by atoms with Gasteiger partial charge in [-0.2, -0.15) is 0 Å². The Morgan fingerprint density at radius 3 is 1.54 bits per heavy atom. The molecule has 0 aromatic rings. The molecular weight excluding hydrogens is 342 g/mol. The number of ether oxygens (including phenoxy) is 1. The molecule has 0 radical (unpaired) electrons. The lowest BCUT2D eigenvalue weighted by molar-refractivity contribution is -0.0173. The Kier molecular flexibility index (Phi) is 7.78. The Hall–Kier alpha value is -0.0800. The van der Waals surface area contributed by atoms with E-state index in [-0.39, 0.29) is 0 Å².